The zero-order valence-electron chi connectivity index (χ0n) is 24.2. The Morgan fingerprint density at radius 2 is 1.84 bits per heavy atom. The molecule has 0 aromatic heterocycles. The van der Waals surface area contributed by atoms with Crippen LogP contribution in [0.1, 0.15) is 54.4 Å². The molecule has 2 N–H and O–H groups in total. The highest BCUT2D eigenvalue weighted by atomic mass is 16.5. The van der Waals surface area contributed by atoms with Crippen molar-refractivity contribution in [2.24, 2.45) is 5.92 Å². The van der Waals surface area contributed by atoms with Gasteiger partial charge in [0.25, 0.3) is 11.8 Å². The average molecular weight is 591 g/mol. The molecule has 1 saturated carbocycles. The zero-order chi connectivity index (χ0) is 29.8. The number of carbonyl (C=O) groups excluding carboxylic acids is 4. The van der Waals surface area contributed by atoms with Crippen LogP contribution in [0, 0.1) is 5.92 Å². The molecular formula is C32H38N4O7. The third kappa shape index (κ3) is 7.57. The van der Waals surface area contributed by atoms with Gasteiger partial charge in [-0.2, -0.15) is 0 Å². The molecule has 3 fully saturated rings. The number of fused-ring (bicyclic) bond motifs is 7. The van der Waals surface area contributed by atoms with Crippen molar-refractivity contribution in [2.45, 2.75) is 57.2 Å². The standard InChI is InChI=1S/C32H38N4O7/c37-29-20-42-26-14-23(13-25(15-26)41-19-22-4-5-22)32(40)34-27-17-36(31(39)10-12-35-11-2-1-3-30(35)38)18-28(27)43-24-8-6-21(7-9-24)16-33-29/h6-9,13-15,22,27-28H,1-5,10-12,16-20H2,(H,33,37)(H,34,40)/t27-,28-/m0/s1. The molecule has 11 nitrogen and oxygen atoms in total. The van der Waals surface area contributed by atoms with Crippen LogP contribution >= 0.6 is 0 Å². The summed E-state index contributed by atoms with van der Waals surface area (Å²) in [4.78, 5) is 55.0. The third-order valence-corrected chi connectivity index (χ3v) is 8.35. The molecule has 2 aromatic rings. The number of likely N-dealkylation sites (tertiary alicyclic amines) is 2. The molecule has 11 heteroatoms. The van der Waals surface area contributed by atoms with Crippen molar-refractivity contribution in [3.63, 3.8) is 0 Å². The first-order valence-electron chi connectivity index (χ1n) is 15.2. The van der Waals surface area contributed by atoms with E-state index >= 15 is 0 Å². The second kappa shape index (κ2) is 12.9. The Morgan fingerprint density at radius 3 is 2.63 bits per heavy atom. The van der Waals surface area contributed by atoms with Gasteiger partial charge in [-0.25, -0.2) is 0 Å². The number of benzene rings is 2. The van der Waals surface area contributed by atoms with Gasteiger partial charge in [-0.05, 0) is 61.4 Å². The topological polar surface area (TPSA) is 127 Å². The highest BCUT2D eigenvalue weighted by molar-refractivity contribution is 5.95. The molecule has 4 amide bonds. The molecule has 2 saturated heterocycles. The van der Waals surface area contributed by atoms with Crippen LogP contribution in [0.5, 0.6) is 17.2 Å². The monoisotopic (exact) mass is 590 g/mol. The second-order valence-electron chi connectivity index (χ2n) is 11.8. The lowest BCUT2D eigenvalue weighted by molar-refractivity contribution is -0.135. The molecule has 2 atom stereocenters. The Labute approximate surface area is 250 Å². The van der Waals surface area contributed by atoms with Crippen LogP contribution in [0.2, 0.25) is 0 Å². The lowest BCUT2D eigenvalue weighted by atomic mass is 10.1. The largest absolute Gasteiger partial charge is 0.493 e. The van der Waals surface area contributed by atoms with Gasteiger partial charge in [-0.1, -0.05) is 12.1 Å². The summed E-state index contributed by atoms with van der Waals surface area (Å²) < 4.78 is 18.0. The summed E-state index contributed by atoms with van der Waals surface area (Å²) in [5.74, 6) is 1.32. The van der Waals surface area contributed by atoms with Gasteiger partial charge in [0, 0.05) is 50.7 Å². The fourth-order valence-electron chi connectivity index (χ4n) is 5.60. The fraction of sp³-hybridized carbons (Fsp3) is 0.500. The quantitative estimate of drug-likeness (QED) is 0.529. The molecule has 4 aliphatic heterocycles. The number of carbonyl (C=O) groups is 4. The van der Waals surface area contributed by atoms with E-state index in [1.807, 2.05) is 24.3 Å². The van der Waals surface area contributed by atoms with Gasteiger partial charge in [0.1, 0.15) is 23.4 Å². The van der Waals surface area contributed by atoms with Crippen LogP contribution in [0.3, 0.4) is 0 Å². The van der Waals surface area contributed by atoms with Crippen LogP contribution in [0.25, 0.3) is 0 Å². The minimum Gasteiger partial charge on any atom is -0.493 e. The number of nitrogens with one attached hydrogen (secondary N) is 2. The summed E-state index contributed by atoms with van der Waals surface area (Å²) in [5, 5.41) is 5.91. The summed E-state index contributed by atoms with van der Waals surface area (Å²) in [5.41, 5.74) is 1.22. The van der Waals surface area contributed by atoms with E-state index in [4.69, 9.17) is 14.2 Å². The molecule has 0 radical (unpaired) electrons. The molecule has 7 rings (SSSR count). The lowest BCUT2D eigenvalue weighted by Gasteiger charge is -2.27. The van der Waals surface area contributed by atoms with E-state index in [-0.39, 0.29) is 43.2 Å². The van der Waals surface area contributed by atoms with E-state index in [0.29, 0.717) is 67.9 Å². The second-order valence-corrected chi connectivity index (χ2v) is 11.8. The maximum Gasteiger partial charge on any atom is 0.258 e. The van der Waals surface area contributed by atoms with Gasteiger partial charge < -0.3 is 34.6 Å². The summed E-state index contributed by atoms with van der Waals surface area (Å²) in [7, 11) is 0. The molecular weight excluding hydrogens is 552 g/mol. The summed E-state index contributed by atoms with van der Waals surface area (Å²) >= 11 is 0. The van der Waals surface area contributed by atoms with Crippen LogP contribution in [0.4, 0.5) is 0 Å². The van der Waals surface area contributed by atoms with Crippen molar-refractivity contribution in [2.75, 3.05) is 39.4 Å². The van der Waals surface area contributed by atoms with E-state index < -0.39 is 12.1 Å². The van der Waals surface area contributed by atoms with Gasteiger partial charge in [0.2, 0.25) is 11.8 Å². The Balaban J connectivity index is 1.21. The molecule has 5 aliphatic rings. The lowest BCUT2D eigenvalue weighted by Crippen LogP contribution is -2.45. The Kier molecular flexibility index (Phi) is 8.67. The zero-order valence-corrected chi connectivity index (χ0v) is 24.2. The van der Waals surface area contributed by atoms with Crippen molar-refractivity contribution in [1.29, 1.82) is 0 Å². The number of ether oxygens (including phenoxy) is 3. The number of hydrogen-bond acceptors (Lipinski definition) is 7. The fourth-order valence-corrected chi connectivity index (χ4v) is 5.60. The highest BCUT2D eigenvalue weighted by Crippen LogP contribution is 2.31. The molecule has 4 heterocycles. The predicted molar refractivity (Wildman–Crippen MR) is 156 cm³/mol. The minimum absolute atomic E-state index is 0.0805. The van der Waals surface area contributed by atoms with Crippen LogP contribution in [0.15, 0.2) is 42.5 Å². The summed E-state index contributed by atoms with van der Waals surface area (Å²) in [6.07, 6.45) is 4.37. The Morgan fingerprint density at radius 1 is 1.00 bits per heavy atom. The van der Waals surface area contributed by atoms with Crippen molar-refractivity contribution in [1.82, 2.24) is 20.4 Å². The predicted octanol–water partition coefficient (Wildman–Crippen LogP) is 2.27. The molecule has 4 bridgehead atoms. The van der Waals surface area contributed by atoms with Gasteiger partial charge >= 0.3 is 0 Å². The number of hydrogen-bond donors (Lipinski definition) is 2. The average Bonchev–Trinajstić information content (AvgIpc) is 3.77. The third-order valence-electron chi connectivity index (χ3n) is 8.35. The Hall–Kier alpha value is -4.28. The summed E-state index contributed by atoms with van der Waals surface area (Å²) in [6.45, 7) is 2.33. The van der Waals surface area contributed by atoms with Gasteiger partial charge in [-0.15, -0.1) is 0 Å². The Bertz CT molecular complexity index is 1360. The van der Waals surface area contributed by atoms with Gasteiger partial charge in [-0.3, -0.25) is 19.2 Å². The molecule has 0 unspecified atom stereocenters. The number of amides is 4. The van der Waals surface area contributed by atoms with Crippen molar-refractivity contribution in [3.05, 3.63) is 53.6 Å². The van der Waals surface area contributed by atoms with Crippen molar-refractivity contribution >= 4 is 23.6 Å². The number of nitrogens with zero attached hydrogens (tertiary/aromatic N) is 2. The number of rotatable bonds is 6. The molecule has 1 aliphatic carbocycles. The van der Waals surface area contributed by atoms with Crippen LogP contribution < -0.4 is 24.8 Å². The summed E-state index contributed by atoms with van der Waals surface area (Å²) in [6, 6.07) is 11.8. The first-order chi connectivity index (χ1) is 20.9. The SMILES string of the molecule is O=C1COc2cc(OCC3CC3)cc(c2)C(=O)N[C@H]2CN(C(=O)CCN3CCCCC3=O)C[C@@H]2Oc2ccc(cc2)CN1. The van der Waals surface area contributed by atoms with Crippen molar-refractivity contribution < 1.29 is 33.4 Å². The normalized spacial score (nSPS) is 22.6. The molecule has 0 spiro atoms. The van der Waals surface area contributed by atoms with E-state index in [2.05, 4.69) is 10.6 Å². The minimum atomic E-state index is -0.490. The van der Waals surface area contributed by atoms with E-state index in [1.54, 1.807) is 28.0 Å². The molecule has 2 aromatic carbocycles. The number of piperidine rings is 1. The van der Waals surface area contributed by atoms with Crippen LogP contribution in [-0.2, 0) is 20.9 Å². The maximum atomic E-state index is 13.6. The first kappa shape index (κ1) is 28.8. The first-order valence-corrected chi connectivity index (χ1v) is 15.2. The van der Waals surface area contributed by atoms with E-state index in [0.717, 1.165) is 31.2 Å². The van der Waals surface area contributed by atoms with Crippen molar-refractivity contribution in [3.8, 4) is 17.2 Å². The maximum absolute atomic E-state index is 13.6. The highest BCUT2D eigenvalue weighted by Gasteiger charge is 2.38. The van der Waals surface area contributed by atoms with Gasteiger partial charge in [0.05, 0.1) is 19.2 Å². The van der Waals surface area contributed by atoms with Gasteiger partial charge in [0.15, 0.2) is 6.61 Å². The van der Waals surface area contributed by atoms with E-state index in [9.17, 15) is 19.2 Å². The smallest absolute Gasteiger partial charge is 0.258 e. The molecule has 228 valence electrons. The van der Waals surface area contributed by atoms with E-state index in [1.165, 1.54) is 0 Å². The van der Waals surface area contributed by atoms with Crippen LogP contribution in [-0.4, -0.2) is 85.0 Å². The molecule has 43 heavy (non-hydrogen) atoms.